The molecular weight excluding hydrogens is 228 g/mol. The normalized spacial score (nSPS) is 9.81. The molecule has 3 N–H and O–H groups in total. The fourth-order valence-corrected chi connectivity index (χ4v) is 1.64. The van der Waals surface area contributed by atoms with E-state index < -0.39 is 12.0 Å². The lowest BCUT2D eigenvalue weighted by Gasteiger charge is -2.05. The minimum Gasteiger partial charge on any atom is -0.480 e. The molecule has 0 heterocycles. The first-order chi connectivity index (χ1) is 7.66. The van der Waals surface area contributed by atoms with E-state index in [1.807, 2.05) is 11.8 Å². The molecule has 0 aliphatic carbocycles. The van der Waals surface area contributed by atoms with Gasteiger partial charge in [0.1, 0.15) is 6.54 Å². The maximum atomic E-state index is 11.0. The van der Waals surface area contributed by atoms with Crippen molar-refractivity contribution in [3.8, 4) is 0 Å². The van der Waals surface area contributed by atoms with Gasteiger partial charge in [-0.15, -0.1) is 0 Å². The number of rotatable bonds is 9. The number of hydrogen-bond donors (Lipinski definition) is 3. The summed E-state index contributed by atoms with van der Waals surface area (Å²) in [5.41, 5.74) is 0. The van der Waals surface area contributed by atoms with Crippen LogP contribution in [0.15, 0.2) is 0 Å². The number of carboxylic acid groups (broad SMARTS) is 1. The van der Waals surface area contributed by atoms with Crippen LogP contribution in [0, 0.1) is 0 Å². The van der Waals surface area contributed by atoms with Gasteiger partial charge in [0, 0.05) is 6.54 Å². The van der Waals surface area contributed by atoms with Crippen molar-refractivity contribution in [3.05, 3.63) is 0 Å². The number of urea groups is 1. The maximum absolute atomic E-state index is 11.0. The zero-order chi connectivity index (χ0) is 12.2. The van der Waals surface area contributed by atoms with E-state index in [4.69, 9.17) is 5.11 Å². The van der Waals surface area contributed by atoms with Gasteiger partial charge in [0.15, 0.2) is 0 Å². The highest BCUT2D eigenvalue weighted by Crippen LogP contribution is 2.03. The first-order valence-electron chi connectivity index (χ1n) is 5.39. The molecule has 0 spiro atoms. The standard InChI is InChI=1S/C10H20N2O3S/c1-16-7-5-3-2-4-6-11-10(15)12-8-9(13)14/h2-8H2,1H3,(H,13,14)(H2,11,12,15). The largest absolute Gasteiger partial charge is 0.480 e. The Hall–Kier alpha value is -0.910. The topological polar surface area (TPSA) is 78.4 Å². The molecule has 0 bridgehead atoms. The summed E-state index contributed by atoms with van der Waals surface area (Å²) in [6.07, 6.45) is 6.52. The molecule has 5 nitrogen and oxygen atoms in total. The number of aliphatic carboxylic acids is 1. The van der Waals surface area contributed by atoms with E-state index in [1.54, 1.807) is 0 Å². The molecule has 0 aromatic heterocycles. The van der Waals surface area contributed by atoms with E-state index in [-0.39, 0.29) is 6.54 Å². The van der Waals surface area contributed by atoms with Crippen LogP contribution >= 0.6 is 11.8 Å². The third kappa shape index (κ3) is 11.2. The van der Waals surface area contributed by atoms with E-state index in [0.29, 0.717) is 6.54 Å². The molecule has 0 rings (SSSR count). The van der Waals surface area contributed by atoms with Crippen LogP contribution < -0.4 is 10.6 Å². The highest BCUT2D eigenvalue weighted by atomic mass is 32.2. The minimum absolute atomic E-state index is 0.334. The first kappa shape index (κ1) is 15.1. The van der Waals surface area contributed by atoms with Crippen molar-refractivity contribution in [1.29, 1.82) is 0 Å². The predicted octanol–water partition coefficient (Wildman–Crippen LogP) is 1.29. The van der Waals surface area contributed by atoms with Crippen LogP contribution in [-0.2, 0) is 4.79 Å². The highest BCUT2D eigenvalue weighted by molar-refractivity contribution is 7.98. The Morgan fingerprint density at radius 3 is 2.44 bits per heavy atom. The van der Waals surface area contributed by atoms with Crippen LogP contribution in [0.25, 0.3) is 0 Å². The van der Waals surface area contributed by atoms with Crippen molar-refractivity contribution in [2.24, 2.45) is 0 Å². The van der Waals surface area contributed by atoms with Gasteiger partial charge < -0.3 is 15.7 Å². The summed E-state index contributed by atoms with van der Waals surface area (Å²) >= 11 is 1.84. The summed E-state index contributed by atoms with van der Waals surface area (Å²) < 4.78 is 0. The molecule has 0 aromatic rings. The second kappa shape index (κ2) is 10.6. The van der Waals surface area contributed by atoms with Crippen molar-refractivity contribution < 1.29 is 14.7 Å². The molecule has 0 fully saturated rings. The Balaban J connectivity index is 3.18. The number of amides is 2. The number of nitrogens with one attached hydrogen (secondary N) is 2. The molecule has 2 amide bonds. The summed E-state index contributed by atoms with van der Waals surface area (Å²) in [6.45, 7) is 0.268. The van der Waals surface area contributed by atoms with Gasteiger partial charge in [-0.05, 0) is 24.9 Å². The van der Waals surface area contributed by atoms with Crippen LogP contribution in [0.1, 0.15) is 25.7 Å². The van der Waals surface area contributed by atoms with Crippen molar-refractivity contribution >= 4 is 23.8 Å². The highest BCUT2D eigenvalue weighted by Gasteiger charge is 2.01. The van der Waals surface area contributed by atoms with Crippen LogP contribution in [0.5, 0.6) is 0 Å². The first-order valence-corrected chi connectivity index (χ1v) is 6.78. The van der Waals surface area contributed by atoms with E-state index >= 15 is 0 Å². The van der Waals surface area contributed by atoms with Crippen molar-refractivity contribution in [3.63, 3.8) is 0 Å². The summed E-state index contributed by atoms with van der Waals surface area (Å²) in [6, 6.07) is -0.411. The van der Waals surface area contributed by atoms with Gasteiger partial charge in [-0.2, -0.15) is 11.8 Å². The van der Waals surface area contributed by atoms with Crippen LogP contribution in [0.3, 0.4) is 0 Å². The lowest BCUT2D eigenvalue weighted by molar-refractivity contribution is -0.135. The van der Waals surface area contributed by atoms with E-state index in [1.165, 1.54) is 18.6 Å². The lowest BCUT2D eigenvalue weighted by Crippen LogP contribution is -2.38. The molecular formula is C10H20N2O3S. The Morgan fingerprint density at radius 2 is 1.81 bits per heavy atom. The van der Waals surface area contributed by atoms with Crippen LogP contribution in [0.2, 0.25) is 0 Å². The van der Waals surface area contributed by atoms with Crippen LogP contribution in [-0.4, -0.2) is 42.2 Å². The van der Waals surface area contributed by atoms with Gasteiger partial charge in [-0.25, -0.2) is 4.79 Å². The van der Waals surface area contributed by atoms with Crippen LogP contribution in [0.4, 0.5) is 4.79 Å². The fourth-order valence-electron chi connectivity index (χ4n) is 1.15. The minimum atomic E-state index is -1.03. The van der Waals surface area contributed by atoms with Gasteiger partial charge in [0.25, 0.3) is 0 Å². The summed E-state index contributed by atoms with van der Waals surface area (Å²) in [7, 11) is 0. The Bertz CT molecular complexity index is 212. The zero-order valence-electron chi connectivity index (χ0n) is 9.62. The van der Waals surface area contributed by atoms with Gasteiger partial charge in [-0.1, -0.05) is 12.8 Å². The van der Waals surface area contributed by atoms with Crippen molar-refractivity contribution in [2.75, 3.05) is 25.1 Å². The molecule has 16 heavy (non-hydrogen) atoms. The summed E-state index contributed by atoms with van der Waals surface area (Å²) in [4.78, 5) is 21.1. The molecule has 0 unspecified atom stereocenters. The summed E-state index contributed by atoms with van der Waals surface area (Å²) in [5.74, 6) is 0.152. The molecule has 0 saturated carbocycles. The number of unbranched alkanes of at least 4 members (excludes halogenated alkanes) is 3. The zero-order valence-corrected chi connectivity index (χ0v) is 10.4. The number of carbonyl (C=O) groups excluding carboxylic acids is 1. The molecule has 0 atom stereocenters. The Kier molecular flexibility index (Phi) is 10.00. The monoisotopic (exact) mass is 248 g/mol. The SMILES string of the molecule is CSCCCCCCNC(=O)NCC(=O)O. The average Bonchev–Trinajstić information content (AvgIpc) is 2.25. The average molecular weight is 248 g/mol. The quantitative estimate of drug-likeness (QED) is 0.537. The molecule has 6 heteroatoms. The Labute approximate surface area is 100 Å². The van der Waals surface area contributed by atoms with E-state index in [0.717, 1.165) is 12.8 Å². The number of thioether (sulfide) groups is 1. The number of carboxylic acids is 1. The third-order valence-electron chi connectivity index (χ3n) is 1.96. The molecule has 0 radical (unpaired) electrons. The fraction of sp³-hybridized carbons (Fsp3) is 0.800. The number of carbonyl (C=O) groups is 2. The Morgan fingerprint density at radius 1 is 1.12 bits per heavy atom. The third-order valence-corrected chi connectivity index (χ3v) is 2.66. The van der Waals surface area contributed by atoms with E-state index in [2.05, 4.69) is 16.9 Å². The lowest BCUT2D eigenvalue weighted by atomic mass is 10.2. The van der Waals surface area contributed by atoms with Gasteiger partial charge >= 0.3 is 12.0 Å². The predicted molar refractivity (Wildman–Crippen MR) is 65.9 cm³/mol. The van der Waals surface area contributed by atoms with Gasteiger partial charge in [0.05, 0.1) is 0 Å². The number of hydrogen-bond acceptors (Lipinski definition) is 3. The molecule has 0 aliphatic rings. The molecule has 0 aliphatic heterocycles. The van der Waals surface area contributed by atoms with Gasteiger partial charge in [-0.3, -0.25) is 4.79 Å². The van der Waals surface area contributed by atoms with Crippen molar-refractivity contribution in [1.82, 2.24) is 10.6 Å². The maximum Gasteiger partial charge on any atom is 0.323 e. The second-order valence-electron chi connectivity index (χ2n) is 3.41. The molecule has 0 aromatic carbocycles. The molecule has 0 saturated heterocycles. The van der Waals surface area contributed by atoms with Gasteiger partial charge in [0.2, 0.25) is 0 Å². The van der Waals surface area contributed by atoms with E-state index in [9.17, 15) is 9.59 Å². The van der Waals surface area contributed by atoms with Crippen molar-refractivity contribution in [2.45, 2.75) is 25.7 Å². The second-order valence-corrected chi connectivity index (χ2v) is 4.40. The molecule has 94 valence electrons. The smallest absolute Gasteiger partial charge is 0.323 e. The summed E-state index contributed by atoms with van der Waals surface area (Å²) in [5, 5.41) is 13.2.